The number of fused-ring (bicyclic) bond motifs is 2. The highest BCUT2D eigenvalue weighted by Crippen LogP contribution is 2.48. The van der Waals surface area contributed by atoms with Gasteiger partial charge in [-0.3, -0.25) is 4.98 Å². The van der Waals surface area contributed by atoms with Crippen LogP contribution < -0.4 is 9.30 Å². The Morgan fingerprint density at radius 2 is 1.88 bits per heavy atom. The van der Waals surface area contributed by atoms with Crippen LogP contribution in [0.5, 0.6) is 11.5 Å². The molecule has 0 atom stereocenters. The number of benzene rings is 1. The monoisotopic (exact) mass is 317 g/mol. The topological polar surface area (TPSA) is 26.0 Å². The molecule has 120 valence electrons. The molecular formula is C21H21N2O+. The molecule has 0 radical (unpaired) electrons. The molecule has 3 nitrogen and oxygen atoms in total. The van der Waals surface area contributed by atoms with Crippen molar-refractivity contribution in [2.75, 3.05) is 0 Å². The van der Waals surface area contributed by atoms with Crippen molar-refractivity contribution in [1.29, 1.82) is 0 Å². The maximum absolute atomic E-state index is 6.15. The highest BCUT2D eigenvalue weighted by molar-refractivity contribution is 5.68. The average Bonchev–Trinajstić information content (AvgIpc) is 2.55. The molecule has 0 fully saturated rings. The second-order valence-corrected chi connectivity index (χ2v) is 6.94. The van der Waals surface area contributed by atoms with E-state index in [2.05, 4.69) is 67.8 Å². The largest absolute Gasteiger partial charge is 0.455 e. The summed E-state index contributed by atoms with van der Waals surface area (Å²) in [6.07, 6.45) is 3.91. The van der Waals surface area contributed by atoms with Gasteiger partial charge < -0.3 is 4.74 Å². The first-order chi connectivity index (χ1) is 11.5. The van der Waals surface area contributed by atoms with Crippen molar-refractivity contribution in [2.45, 2.75) is 26.2 Å². The summed E-state index contributed by atoms with van der Waals surface area (Å²) in [5, 5.41) is 0. The van der Waals surface area contributed by atoms with E-state index in [0.29, 0.717) is 0 Å². The minimum absolute atomic E-state index is 0.194. The Morgan fingerprint density at radius 3 is 2.67 bits per heavy atom. The van der Waals surface area contributed by atoms with E-state index in [9.17, 15) is 0 Å². The lowest BCUT2D eigenvalue weighted by Crippen LogP contribution is -2.31. The smallest absolute Gasteiger partial charge is 0.212 e. The highest BCUT2D eigenvalue weighted by atomic mass is 16.5. The van der Waals surface area contributed by atoms with Gasteiger partial charge in [0.2, 0.25) is 5.69 Å². The lowest BCUT2D eigenvalue weighted by atomic mass is 9.77. The summed E-state index contributed by atoms with van der Waals surface area (Å²) in [4.78, 5) is 4.58. The molecule has 3 aromatic rings. The minimum atomic E-state index is -0.194. The van der Waals surface area contributed by atoms with Crippen molar-refractivity contribution in [2.24, 2.45) is 7.05 Å². The fourth-order valence-electron chi connectivity index (χ4n) is 3.52. The van der Waals surface area contributed by atoms with Gasteiger partial charge in [0.25, 0.3) is 0 Å². The predicted molar refractivity (Wildman–Crippen MR) is 94.2 cm³/mol. The van der Waals surface area contributed by atoms with Gasteiger partial charge in [-0.05, 0) is 56.7 Å². The molecule has 2 aromatic heterocycles. The van der Waals surface area contributed by atoms with E-state index >= 15 is 0 Å². The van der Waals surface area contributed by atoms with Crippen molar-refractivity contribution < 1.29 is 9.30 Å². The first-order valence-electron chi connectivity index (χ1n) is 8.22. The zero-order chi connectivity index (χ0) is 16.9. The maximum Gasteiger partial charge on any atom is 0.212 e. The zero-order valence-electron chi connectivity index (χ0n) is 14.5. The van der Waals surface area contributed by atoms with Crippen LogP contribution in [0.1, 0.15) is 30.7 Å². The van der Waals surface area contributed by atoms with Gasteiger partial charge in [0, 0.05) is 34.9 Å². The summed E-state index contributed by atoms with van der Waals surface area (Å²) in [6.45, 7) is 6.56. The van der Waals surface area contributed by atoms with E-state index in [1.54, 1.807) is 0 Å². The van der Waals surface area contributed by atoms with Gasteiger partial charge in [-0.15, -0.1) is 0 Å². The second-order valence-electron chi connectivity index (χ2n) is 6.94. The Balaban J connectivity index is 1.95. The third-order valence-electron chi connectivity index (χ3n) is 4.91. The van der Waals surface area contributed by atoms with Gasteiger partial charge in [0.05, 0.1) is 5.69 Å². The molecule has 1 aliphatic rings. The van der Waals surface area contributed by atoms with Gasteiger partial charge in [0.15, 0.2) is 6.20 Å². The molecule has 1 aliphatic heterocycles. The SMILES string of the molecule is Cc1cc2c(cc1-c1cccc[n+]1C)C(C)(C)c1ncccc1O2. The number of nitrogens with zero attached hydrogens (tertiary/aromatic N) is 2. The van der Waals surface area contributed by atoms with Crippen LogP contribution in [0.25, 0.3) is 11.3 Å². The molecule has 0 bridgehead atoms. The Labute approximate surface area is 142 Å². The molecule has 1 aromatic carbocycles. The summed E-state index contributed by atoms with van der Waals surface area (Å²) < 4.78 is 8.30. The van der Waals surface area contributed by atoms with E-state index in [4.69, 9.17) is 4.74 Å². The Hall–Kier alpha value is -2.68. The normalized spacial score (nSPS) is 14.5. The van der Waals surface area contributed by atoms with Crippen LogP contribution in [0.2, 0.25) is 0 Å². The number of hydrogen-bond donors (Lipinski definition) is 0. The zero-order valence-corrected chi connectivity index (χ0v) is 14.5. The molecule has 0 aliphatic carbocycles. The number of aromatic nitrogens is 2. The first kappa shape index (κ1) is 14.9. The molecular weight excluding hydrogens is 296 g/mol. The molecule has 0 amide bonds. The van der Waals surface area contributed by atoms with Crippen molar-refractivity contribution in [3.8, 4) is 22.8 Å². The van der Waals surface area contributed by atoms with Crippen LogP contribution >= 0.6 is 0 Å². The standard InChI is InChI=1S/C21H21N2O/c1-14-12-19-16(13-15(14)17-8-5-6-11-23(17)4)21(2,3)20-18(24-19)9-7-10-22-20/h5-13H,1-4H3/q+1. The Bertz CT molecular complexity index is 944. The van der Waals surface area contributed by atoms with Gasteiger partial charge in [-0.25, -0.2) is 4.57 Å². The molecule has 0 spiro atoms. The molecule has 4 rings (SSSR count). The fraction of sp³-hybridized carbons (Fsp3) is 0.238. The molecule has 0 N–H and O–H groups in total. The molecule has 0 saturated heterocycles. The van der Waals surface area contributed by atoms with Gasteiger partial charge >= 0.3 is 0 Å². The molecule has 0 unspecified atom stereocenters. The Morgan fingerprint density at radius 1 is 1.04 bits per heavy atom. The van der Waals surface area contributed by atoms with Crippen molar-refractivity contribution >= 4 is 0 Å². The van der Waals surface area contributed by atoms with Gasteiger partial charge in [0.1, 0.15) is 18.5 Å². The lowest BCUT2D eigenvalue weighted by molar-refractivity contribution is -0.660. The number of aryl methyl sites for hydroxylation is 2. The average molecular weight is 317 g/mol. The van der Waals surface area contributed by atoms with E-state index in [1.807, 2.05) is 24.4 Å². The third kappa shape index (κ3) is 2.12. The lowest BCUT2D eigenvalue weighted by Gasteiger charge is -2.33. The van der Waals surface area contributed by atoms with Crippen molar-refractivity contribution in [3.05, 3.63) is 71.7 Å². The van der Waals surface area contributed by atoms with Crippen molar-refractivity contribution in [3.63, 3.8) is 0 Å². The highest BCUT2D eigenvalue weighted by Gasteiger charge is 2.36. The molecule has 3 heteroatoms. The van der Waals surface area contributed by atoms with E-state index in [0.717, 1.165) is 17.2 Å². The van der Waals surface area contributed by atoms with Crippen molar-refractivity contribution in [1.82, 2.24) is 4.98 Å². The van der Waals surface area contributed by atoms with Crippen LogP contribution in [-0.4, -0.2) is 4.98 Å². The van der Waals surface area contributed by atoms with Crippen LogP contribution in [0.4, 0.5) is 0 Å². The Kier molecular flexibility index (Phi) is 3.20. The summed E-state index contributed by atoms with van der Waals surface area (Å²) in [7, 11) is 2.08. The third-order valence-corrected chi connectivity index (χ3v) is 4.91. The van der Waals surface area contributed by atoms with E-state index < -0.39 is 0 Å². The number of ether oxygens (including phenoxy) is 1. The first-order valence-corrected chi connectivity index (χ1v) is 8.22. The fourth-order valence-corrected chi connectivity index (χ4v) is 3.52. The summed E-state index contributed by atoms with van der Waals surface area (Å²) in [5.74, 6) is 1.78. The molecule has 24 heavy (non-hydrogen) atoms. The summed E-state index contributed by atoms with van der Waals surface area (Å²) in [6, 6.07) is 14.6. The number of pyridine rings is 2. The van der Waals surface area contributed by atoms with Crippen LogP contribution in [-0.2, 0) is 12.5 Å². The van der Waals surface area contributed by atoms with Crippen LogP contribution in [0.3, 0.4) is 0 Å². The van der Waals surface area contributed by atoms with Gasteiger partial charge in [-0.2, -0.15) is 0 Å². The molecule has 0 saturated carbocycles. The second kappa shape index (κ2) is 5.17. The minimum Gasteiger partial charge on any atom is -0.455 e. The molecule has 3 heterocycles. The quantitative estimate of drug-likeness (QED) is 0.625. The number of rotatable bonds is 1. The van der Waals surface area contributed by atoms with E-state index in [1.165, 1.54) is 22.4 Å². The summed E-state index contributed by atoms with van der Waals surface area (Å²) >= 11 is 0. The van der Waals surface area contributed by atoms with E-state index in [-0.39, 0.29) is 5.41 Å². The predicted octanol–water partition coefficient (Wildman–Crippen LogP) is 4.31. The van der Waals surface area contributed by atoms with Crippen LogP contribution in [0, 0.1) is 6.92 Å². The maximum atomic E-state index is 6.15. The van der Waals surface area contributed by atoms with Crippen LogP contribution in [0.15, 0.2) is 54.9 Å². The summed E-state index contributed by atoms with van der Waals surface area (Å²) in [5.41, 5.74) is 5.61. The van der Waals surface area contributed by atoms with Gasteiger partial charge in [-0.1, -0.05) is 0 Å². The number of hydrogen-bond acceptors (Lipinski definition) is 2.